The number of carbonyl (C=O) groups is 1. The number of carbonyl (C=O) groups excluding carboxylic acids is 1. The number of fused-ring (bicyclic) bond motifs is 1. The molecule has 4 aromatic rings. The number of thiophene rings is 1. The number of hydrogen-bond acceptors (Lipinski definition) is 14. The van der Waals surface area contributed by atoms with Crippen LogP contribution in [0.25, 0.3) is 11.5 Å². The third-order valence-corrected chi connectivity index (χ3v) is 10.5. The summed E-state index contributed by atoms with van der Waals surface area (Å²) in [6.07, 6.45) is 12.9. The fraction of sp³-hybridized carbons (Fsp3) is 0.600. The average Bonchev–Trinajstić information content (AvgIpc) is 3.83. The fourth-order valence-electron chi connectivity index (χ4n) is 6.63. The maximum atomic E-state index is 11.7. The van der Waals surface area contributed by atoms with E-state index in [-0.39, 0.29) is 11.9 Å². The van der Waals surface area contributed by atoms with Crippen LogP contribution in [0.1, 0.15) is 114 Å². The van der Waals surface area contributed by atoms with E-state index in [0.29, 0.717) is 52.5 Å². The minimum absolute atomic E-state index is 0.0719. The number of nitrogens with zero attached hydrogens (tertiary/aromatic N) is 9. The zero-order valence-corrected chi connectivity index (χ0v) is 30.7. The highest BCUT2D eigenvalue weighted by atomic mass is 32.1. The first-order valence-corrected chi connectivity index (χ1v) is 18.3. The van der Waals surface area contributed by atoms with E-state index in [1.807, 2.05) is 19.9 Å². The van der Waals surface area contributed by atoms with Gasteiger partial charge in [-0.1, -0.05) is 55.5 Å². The third kappa shape index (κ3) is 7.90. The number of ether oxygens (including phenoxy) is 2. The van der Waals surface area contributed by atoms with Crippen LogP contribution in [0.15, 0.2) is 23.0 Å². The predicted octanol–water partition coefficient (Wildman–Crippen LogP) is 6.28. The van der Waals surface area contributed by atoms with Crippen molar-refractivity contribution in [3.05, 3.63) is 40.4 Å². The average molecular weight is 705 g/mol. The molecule has 1 aliphatic heterocycles. The van der Waals surface area contributed by atoms with Gasteiger partial charge in [0.1, 0.15) is 16.8 Å². The van der Waals surface area contributed by atoms with Crippen molar-refractivity contribution in [2.45, 2.75) is 110 Å². The minimum atomic E-state index is -0.535. The summed E-state index contributed by atoms with van der Waals surface area (Å²) in [6, 6.07) is 4.04. The normalized spacial score (nSPS) is 19.5. The molecule has 14 nitrogen and oxygen atoms in total. The van der Waals surface area contributed by atoms with Gasteiger partial charge >= 0.3 is 5.97 Å². The molecule has 3 atom stereocenters. The molecule has 1 unspecified atom stereocenters. The van der Waals surface area contributed by atoms with E-state index in [4.69, 9.17) is 29.7 Å². The maximum absolute atomic E-state index is 11.7. The number of nitrogens with two attached hydrogens (primary N) is 1. The lowest BCUT2D eigenvalue weighted by Gasteiger charge is -2.30. The van der Waals surface area contributed by atoms with E-state index in [2.05, 4.69) is 52.2 Å². The summed E-state index contributed by atoms with van der Waals surface area (Å²) in [6.45, 7) is 11.8. The van der Waals surface area contributed by atoms with Crippen molar-refractivity contribution in [2.24, 2.45) is 5.92 Å². The molecule has 1 saturated heterocycles. The van der Waals surface area contributed by atoms with E-state index in [9.17, 15) is 10.1 Å². The predicted molar refractivity (Wildman–Crippen MR) is 190 cm³/mol. The Hall–Kier alpha value is -4.58. The Morgan fingerprint density at radius 2 is 2.08 bits per heavy atom. The fourth-order valence-corrected chi connectivity index (χ4v) is 7.83. The van der Waals surface area contributed by atoms with Gasteiger partial charge in [-0.05, 0) is 64.4 Å². The van der Waals surface area contributed by atoms with Crippen LogP contribution < -0.4 is 15.4 Å². The molecule has 0 saturated carbocycles. The summed E-state index contributed by atoms with van der Waals surface area (Å²) < 4.78 is 17.5. The minimum Gasteiger partial charge on any atom is -0.475 e. The van der Waals surface area contributed by atoms with Crippen molar-refractivity contribution >= 4 is 28.3 Å². The molecule has 268 valence electrons. The van der Waals surface area contributed by atoms with Crippen LogP contribution in [0.5, 0.6) is 5.88 Å². The number of unbranched alkanes of at least 4 members (excludes halogenated alkanes) is 1. The standard InChI is InChI=1S/C23H27N7OS.C12H21N3O3/c1-14-7-4-3-5-12-30(14)22-26-11-9-16(27-22)20-28-21(31-29-20)23(2)10-6-8-17-18(23)15(13-24)19(25)32-17;1-5-6-7-18-10-8-15(14-13-10)11(9(2)3)12(16)17-4/h9,11,14H,3-8,10,12,25H2,1-2H3;8-9,11H,5-7H2,1-4H3/t14-,23-;/m0./s1. The number of anilines is 2. The van der Waals surface area contributed by atoms with Crippen molar-refractivity contribution in [2.75, 3.05) is 30.9 Å². The lowest BCUT2D eigenvalue weighted by Crippen LogP contribution is -2.34. The van der Waals surface area contributed by atoms with Gasteiger partial charge in [0.25, 0.3) is 5.88 Å². The Morgan fingerprint density at radius 1 is 1.26 bits per heavy atom. The second-order valence-electron chi connectivity index (χ2n) is 13.4. The van der Waals surface area contributed by atoms with Crippen LogP contribution >= 0.6 is 11.3 Å². The van der Waals surface area contributed by atoms with E-state index in [1.54, 1.807) is 12.4 Å². The van der Waals surface area contributed by atoms with Crippen molar-refractivity contribution in [3.8, 4) is 23.5 Å². The summed E-state index contributed by atoms with van der Waals surface area (Å²) in [7, 11) is 1.37. The molecule has 5 heterocycles. The molecule has 1 fully saturated rings. The summed E-state index contributed by atoms with van der Waals surface area (Å²) in [5.41, 5.74) is 7.75. The van der Waals surface area contributed by atoms with E-state index in [0.717, 1.165) is 61.9 Å². The zero-order valence-electron chi connectivity index (χ0n) is 29.9. The van der Waals surface area contributed by atoms with E-state index >= 15 is 0 Å². The number of hydrogen-bond donors (Lipinski definition) is 1. The number of methoxy groups -OCH3 is 1. The number of esters is 1. The molecule has 0 amide bonds. The van der Waals surface area contributed by atoms with Gasteiger partial charge in [-0.3, -0.25) is 0 Å². The summed E-state index contributed by atoms with van der Waals surface area (Å²) in [5, 5.41) is 22.4. The molecule has 0 spiro atoms. The Morgan fingerprint density at radius 3 is 2.82 bits per heavy atom. The molecular weight excluding hydrogens is 657 g/mol. The van der Waals surface area contributed by atoms with Crippen LogP contribution in [-0.4, -0.2) is 67.4 Å². The van der Waals surface area contributed by atoms with Gasteiger partial charge in [0.15, 0.2) is 6.04 Å². The lowest BCUT2D eigenvalue weighted by atomic mass is 9.72. The monoisotopic (exact) mass is 704 g/mol. The van der Waals surface area contributed by atoms with Gasteiger partial charge in [0.2, 0.25) is 17.7 Å². The molecule has 0 radical (unpaired) electrons. The smallest absolute Gasteiger partial charge is 0.330 e. The third-order valence-electron chi connectivity index (χ3n) is 9.43. The Kier molecular flexibility index (Phi) is 12.0. The number of nitriles is 1. The van der Waals surface area contributed by atoms with Crippen LogP contribution in [0.4, 0.5) is 10.9 Å². The first-order chi connectivity index (χ1) is 24.1. The molecule has 2 aliphatic rings. The second-order valence-corrected chi connectivity index (χ2v) is 14.6. The topological polar surface area (TPSA) is 184 Å². The molecule has 1 aliphatic carbocycles. The molecule has 2 N–H and O–H groups in total. The molecule has 6 rings (SSSR count). The van der Waals surface area contributed by atoms with E-state index in [1.165, 1.54) is 36.0 Å². The highest BCUT2D eigenvalue weighted by molar-refractivity contribution is 7.16. The Bertz CT molecular complexity index is 1780. The van der Waals surface area contributed by atoms with E-state index < -0.39 is 11.5 Å². The molecular formula is C35H48N10O4S. The summed E-state index contributed by atoms with van der Waals surface area (Å²) >= 11 is 1.50. The number of rotatable bonds is 10. The Balaban J connectivity index is 0.000000231. The lowest BCUT2D eigenvalue weighted by molar-refractivity contribution is -0.146. The number of aromatic nitrogens is 7. The molecule has 50 heavy (non-hydrogen) atoms. The van der Waals surface area contributed by atoms with Gasteiger partial charge in [0.05, 0.1) is 30.9 Å². The second kappa shape index (κ2) is 16.4. The maximum Gasteiger partial charge on any atom is 0.330 e. The molecule has 15 heteroatoms. The van der Waals surface area contributed by atoms with Crippen molar-refractivity contribution < 1.29 is 18.8 Å². The molecule has 0 aromatic carbocycles. The van der Waals surface area contributed by atoms with Crippen molar-refractivity contribution in [1.29, 1.82) is 5.26 Å². The highest BCUT2D eigenvalue weighted by Crippen LogP contribution is 2.48. The van der Waals surface area contributed by atoms with Crippen LogP contribution in [-0.2, 0) is 21.4 Å². The first-order valence-electron chi connectivity index (χ1n) is 17.5. The largest absolute Gasteiger partial charge is 0.475 e. The van der Waals surface area contributed by atoms with Gasteiger partial charge < -0.3 is 24.6 Å². The zero-order chi connectivity index (χ0) is 35.8. The summed E-state index contributed by atoms with van der Waals surface area (Å²) in [4.78, 5) is 29.2. The van der Waals surface area contributed by atoms with Crippen LogP contribution in [0.2, 0.25) is 0 Å². The van der Waals surface area contributed by atoms with Gasteiger partial charge in [-0.2, -0.15) is 10.2 Å². The van der Waals surface area contributed by atoms with Gasteiger partial charge in [0, 0.05) is 29.2 Å². The number of aryl methyl sites for hydroxylation is 1. The van der Waals surface area contributed by atoms with Crippen molar-refractivity contribution in [1.82, 2.24) is 35.1 Å². The van der Waals surface area contributed by atoms with Gasteiger partial charge in [-0.15, -0.1) is 11.3 Å². The Labute approximate surface area is 297 Å². The first kappa shape index (κ1) is 36.7. The van der Waals surface area contributed by atoms with Crippen LogP contribution in [0, 0.1) is 17.2 Å². The highest BCUT2D eigenvalue weighted by Gasteiger charge is 2.43. The molecule has 4 aromatic heterocycles. The van der Waals surface area contributed by atoms with Crippen molar-refractivity contribution in [3.63, 3.8) is 0 Å². The number of nitrogen functional groups attached to an aromatic ring is 1. The van der Waals surface area contributed by atoms with Gasteiger partial charge in [-0.25, -0.2) is 19.4 Å². The SMILES string of the molecule is CCCCOc1cn(C(C(=O)OC)C(C)C)nn1.C[C@H]1CCCCCN1c1nccc(-c2noc([C@@]3(C)CCCc4sc(N)c(C#N)c43)n2)n1. The van der Waals surface area contributed by atoms with Crippen LogP contribution in [0.3, 0.4) is 0 Å². The quantitative estimate of drug-likeness (QED) is 0.144. The summed E-state index contributed by atoms with van der Waals surface area (Å²) in [5.74, 6) is 1.86. The molecule has 0 bridgehead atoms.